The predicted molar refractivity (Wildman–Crippen MR) is 101 cm³/mol. The molecular weight excluding hydrogens is 340 g/mol. The van der Waals surface area contributed by atoms with Crippen LogP contribution in [0, 0.1) is 5.92 Å². The summed E-state index contributed by atoms with van der Waals surface area (Å²) in [5.74, 6) is 0.192. The number of hydrogen-bond acceptors (Lipinski definition) is 4. The molecule has 0 saturated heterocycles. The van der Waals surface area contributed by atoms with Gasteiger partial charge in [-0.25, -0.2) is 0 Å². The van der Waals surface area contributed by atoms with Crippen LogP contribution >= 0.6 is 0 Å². The second-order valence-electron chi connectivity index (χ2n) is 7.07. The smallest absolute Gasteiger partial charge is 0.251 e. The molecule has 0 aliphatic heterocycles. The molecule has 4 rings (SSSR count). The molecule has 27 heavy (non-hydrogen) atoms. The second-order valence-corrected chi connectivity index (χ2v) is 7.07. The van der Waals surface area contributed by atoms with E-state index < -0.39 is 0 Å². The third-order valence-corrected chi connectivity index (χ3v) is 5.16. The molecule has 1 aliphatic rings. The summed E-state index contributed by atoms with van der Waals surface area (Å²) < 4.78 is 1.76. The number of hydrogen-bond donors (Lipinski definition) is 2. The standard InChI is InChI=1S/C21H22N4O2/c26-19-11-17(12-19)20(9-15-5-2-1-3-6-15)24-21(27)16-7-4-8-18(10-16)25-13-22-23-14-25/h1-8,10,13-14,17,19-20,26H,9,11-12H2,(H,24,27)/t17?,19?,20-/m0/s1. The van der Waals surface area contributed by atoms with Crippen molar-refractivity contribution in [1.29, 1.82) is 0 Å². The average molecular weight is 362 g/mol. The minimum atomic E-state index is -0.248. The van der Waals surface area contributed by atoms with E-state index in [0.717, 1.165) is 24.9 Å². The molecule has 6 heteroatoms. The Morgan fingerprint density at radius 2 is 1.85 bits per heavy atom. The number of aliphatic hydroxyl groups excluding tert-OH is 1. The number of nitrogens with one attached hydrogen (secondary N) is 1. The fraction of sp³-hybridized carbons (Fsp3) is 0.286. The zero-order valence-corrected chi connectivity index (χ0v) is 14.9. The van der Waals surface area contributed by atoms with Crippen molar-refractivity contribution in [3.63, 3.8) is 0 Å². The van der Waals surface area contributed by atoms with Gasteiger partial charge in [0, 0.05) is 17.3 Å². The van der Waals surface area contributed by atoms with Gasteiger partial charge in [0.25, 0.3) is 5.91 Å². The molecule has 1 saturated carbocycles. The quantitative estimate of drug-likeness (QED) is 0.706. The maximum Gasteiger partial charge on any atom is 0.251 e. The summed E-state index contributed by atoms with van der Waals surface area (Å²) in [7, 11) is 0. The van der Waals surface area contributed by atoms with E-state index in [0.29, 0.717) is 11.5 Å². The first-order chi connectivity index (χ1) is 13.2. The van der Waals surface area contributed by atoms with Crippen molar-refractivity contribution >= 4 is 5.91 Å². The highest BCUT2D eigenvalue weighted by Gasteiger charge is 2.34. The molecule has 0 spiro atoms. The normalized spacial score (nSPS) is 19.9. The minimum absolute atomic E-state index is 0.00173. The first-order valence-corrected chi connectivity index (χ1v) is 9.17. The van der Waals surface area contributed by atoms with Crippen LogP contribution in [0.1, 0.15) is 28.8 Å². The molecule has 0 bridgehead atoms. The van der Waals surface area contributed by atoms with Crippen LogP contribution in [0.2, 0.25) is 0 Å². The van der Waals surface area contributed by atoms with Crippen LogP contribution in [0.25, 0.3) is 5.69 Å². The van der Waals surface area contributed by atoms with E-state index >= 15 is 0 Å². The predicted octanol–water partition coefficient (Wildman–Crippen LogP) is 2.38. The molecule has 1 heterocycles. The van der Waals surface area contributed by atoms with Gasteiger partial charge in [0.1, 0.15) is 12.7 Å². The molecule has 3 aromatic rings. The Morgan fingerprint density at radius 1 is 1.11 bits per heavy atom. The molecule has 1 fully saturated rings. The fourth-order valence-corrected chi connectivity index (χ4v) is 3.56. The molecule has 0 radical (unpaired) electrons. The topological polar surface area (TPSA) is 80.0 Å². The van der Waals surface area contributed by atoms with Crippen molar-refractivity contribution in [3.05, 3.63) is 78.4 Å². The largest absolute Gasteiger partial charge is 0.393 e. The van der Waals surface area contributed by atoms with E-state index in [9.17, 15) is 9.90 Å². The molecular formula is C21H22N4O2. The summed E-state index contributed by atoms with van der Waals surface area (Å²) in [6.45, 7) is 0. The number of carbonyl (C=O) groups excluding carboxylic acids is 1. The summed E-state index contributed by atoms with van der Waals surface area (Å²) in [4.78, 5) is 12.9. The van der Waals surface area contributed by atoms with Gasteiger partial charge in [-0.05, 0) is 48.9 Å². The van der Waals surface area contributed by atoms with E-state index in [1.807, 2.05) is 36.4 Å². The third-order valence-electron chi connectivity index (χ3n) is 5.16. The van der Waals surface area contributed by atoms with Gasteiger partial charge < -0.3 is 10.4 Å². The van der Waals surface area contributed by atoms with Crippen LogP contribution in [0.3, 0.4) is 0 Å². The van der Waals surface area contributed by atoms with Crippen LogP contribution in [0.15, 0.2) is 67.3 Å². The molecule has 6 nitrogen and oxygen atoms in total. The Labute approximate surface area is 157 Å². The Kier molecular flexibility index (Phi) is 4.98. The zero-order valence-electron chi connectivity index (χ0n) is 14.9. The Bertz CT molecular complexity index is 890. The van der Waals surface area contributed by atoms with Gasteiger partial charge in [0.15, 0.2) is 0 Å². The number of carbonyl (C=O) groups is 1. The van der Waals surface area contributed by atoms with Crippen molar-refractivity contribution in [2.75, 3.05) is 0 Å². The summed E-state index contributed by atoms with van der Waals surface area (Å²) in [6, 6.07) is 17.5. The van der Waals surface area contributed by atoms with Crippen molar-refractivity contribution in [2.45, 2.75) is 31.4 Å². The van der Waals surface area contributed by atoms with Crippen molar-refractivity contribution < 1.29 is 9.90 Å². The lowest BCUT2D eigenvalue weighted by atomic mass is 9.75. The maximum absolute atomic E-state index is 12.9. The molecule has 1 aromatic heterocycles. The molecule has 0 unspecified atom stereocenters. The van der Waals surface area contributed by atoms with Gasteiger partial charge in [-0.2, -0.15) is 0 Å². The van der Waals surface area contributed by atoms with Crippen LogP contribution in [0.5, 0.6) is 0 Å². The van der Waals surface area contributed by atoms with E-state index in [1.54, 1.807) is 23.3 Å². The molecule has 1 aliphatic carbocycles. The summed E-state index contributed by atoms with van der Waals surface area (Å²) in [5, 5.41) is 20.5. The first-order valence-electron chi connectivity index (χ1n) is 9.17. The fourth-order valence-electron chi connectivity index (χ4n) is 3.56. The summed E-state index contributed by atoms with van der Waals surface area (Å²) in [5.41, 5.74) is 2.62. The molecule has 2 N–H and O–H groups in total. The van der Waals surface area contributed by atoms with Crippen LogP contribution in [0.4, 0.5) is 0 Å². The highest BCUT2D eigenvalue weighted by molar-refractivity contribution is 5.95. The Balaban J connectivity index is 1.50. The van der Waals surface area contributed by atoms with Crippen molar-refractivity contribution in [3.8, 4) is 5.69 Å². The lowest BCUT2D eigenvalue weighted by Gasteiger charge is -2.38. The number of nitrogens with zero attached hydrogens (tertiary/aromatic N) is 3. The summed E-state index contributed by atoms with van der Waals surface area (Å²) in [6.07, 6.45) is 5.18. The minimum Gasteiger partial charge on any atom is -0.393 e. The van der Waals surface area contributed by atoms with Crippen molar-refractivity contribution in [2.24, 2.45) is 5.92 Å². The monoisotopic (exact) mass is 362 g/mol. The third kappa shape index (κ3) is 4.06. The van der Waals surface area contributed by atoms with Crippen molar-refractivity contribution in [1.82, 2.24) is 20.1 Å². The number of amides is 1. The SMILES string of the molecule is O=C(N[C@@H](Cc1ccccc1)C1CC(O)C1)c1cccc(-n2cnnc2)c1. The second kappa shape index (κ2) is 7.72. The first kappa shape index (κ1) is 17.4. The highest BCUT2D eigenvalue weighted by atomic mass is 16.3. The van der Waals surface area contributed by atoms with E-state index in [-0.39, 0.29) is 18.1 Å². The Morgan fingerprint density at radius 3 is 2.56 bits per heavy atom. The van der Waals surface area contributed by atoms with Gasteiger partial charge in [0.2, 0.25) is 0 Å². The number of rotatable bonds is 6. The molecule has 2 aromatic carbocycles. The van der Waals surface area contributed by atoms with Crippen LogP contribution < -0.4 is 5.32 Å². The van der Waals surface area contributed by atoms with E-state index in [2.05, 4.69) is 27.6 Å². The van der Waals surface area contributed by atoms with Gasteiger partial charge >= 0.3 is 0 Å². The lowest BCUT2D eigenvalue weighted by molar-refractivity contribution is 0.0239. The van der Waals surface area contributed by atoms with Gasteiger partial charge in [0.05, 0.1) is 6.10 Å². The highest BCUT2D eigenvalue weighted by Crippen LogP contribution is 2.32. The maximum atomic E-state index is 12.9. The molecule has 1 amide bonds. The Hall–Kier alpha value is -2.99. The lowest BCUT2D eigenvalue weighted by Crippen LogP contribution is -2.48. The molecule has 1 atom stereocenters. The van der Waals surface area contributed by atoms with E-state index in [4.69, 9.17) is 0 Å². The number of aromatic nitrogens is 3. The van der Waals surface area contributed by atoms with Gasteiger partial charge in [-0.15, -0.1) is 10.2 Å². The van der Waals surface area contributed by atoms with Gasteiger partial charge in [-0.3, -0.25) is 9.36 Å². The number of aliphatic hydroxyl groups is 1. The zero-order chi connectivity index (χ0) is 18.6. The van der Waals surface area contributed by atoms with Gasteiger partial charge in [-0.1, -0.05) is 36.4 Å². The van der Waals surface area contributed by atoms with Crippen LogP contribution in [-0.4, -0.2) is 37.9 Å². The summed E-state index contributed by atoms with van der Waals surface area (Å²) >= 11 is 0. The number of benzene rings is 2. The molecule has 138 valence electrons. The van der Waals surface area contributed by atoms with Crippen LogP contribution in [-0.2, 0) is 6.42 Å². The average Bonchev–Trinajstić information content (AvgIpc) is 3.21. The van der Waals surface area contributed by atoms with E-state index in [1.165, 1.54) is 5.56 Å².